The molecule has 1 aromatic rings. The number of methoxy groups -OCH3 is 1. The summed E-state index contributed by atoms with van der Waals surface area (Å²) in [5.41, 5.74) is 2.44. The Morgan fingerprint density at radius 1 is 1.35 bits per heavy atom. The van der Waals surface area contributed by atoms with Gasteiger partial charge in [-0.3, -0.25) is 0 Å². The first-order valence-corrected chi connectivity index (χ1v) is 7.19. The average molecular weight is 253 g/mol. The van der Waals surface area contributed by atoms with Crippen molar-refractivity contribution in [3.05, 3.63) is 17.1 Å². The molecule has 0 radical (unpaired) electrons. The smallest absolute Gasteiger partial charge is 0.159 e. The van der Waals surface area contributed by atoms with Gasteiger partial charge in [0.2, 0.25) is 0 Å². The first kappa shape index (κ1) is 12.6. The molecule has 94 valence electrons. The molecule has 1 aromatic heterocycles. The van der Waals surface area contributed by atoms with Crippen LogP contribution in [0, 0.1) is 0 Å². The lowest BCUT2D eigenvalue weighted by molar-refractivity contribution is 0.0925. The van der Waals surface area contributed by atoms with Gasteiger partial charge in [0.15, 0.2) is 5.82 Å². The lowest BCUT2D eigenvalue weighted by atomic mass is 10.2. The lowest BCUT2D eigenvalue weighted by Gasteiger charge is -2.15. The van der Waals surface area contributed by atoms with Gasteiger partial charge in [0, 0.05) is 30.7 Å². The Balaban J connectivity index is 2.38. The van der Waals surface area contributed by atoms with Crippen LogP contribution in [0.15, 0.2) is 0 Å². The van der Waals surface area contributed by atoms with E-state index in [1.807, 2.05) is 11.8 Å². The van der Waals surface area contributed by atoms with Gasteiger partial charge in [0.05, 0.1) is 5.69 Å². The van der Waals surface area contributed by atoms with Gasteiger partial charge in [-0.15, -0.1) is 0 Å². The monoisotopic (exact) mass is 253 g/mol. The Labute approximate surface area is 107 Å². The molecule has 0 bridgehead atoms. The van der Waals surface area contributed by atoms with Crippen molar-refractivity contribution in [2.45, 2.75) is 37.9 Å². The van der Waals surface area contributed by atoms with Crippen molar-refractivity contribution in [3.8, 4) is 0 Å². The van der Waals surface area contributed by atoms with Crippen LogP contribution in [0.25, 0.3) is 0 Å². The maximum atomic E-state index is 5.42. The van der Waals surface area contributed by atoms with Crippen LogP contribution < -0.4 is 5.32 Å². The zero-order chi connectivity index (χ0) is 12.3. The number of nitrogens with one attached hydrogen (secondary N) is 1. The molecule has 0 amide bonds. The van der Waals surface area contributed by atoms with Crippen molar-refractivity contribution in [3.63, 3.8) is 0 Å². The normalized spacial score (nSPS) is 15.7. The van der Waals surface area contributed by atoms with E-state index in [-0.39, 0.29) is 6.10 Å². The van der Waals surface area contributed by atoms with Gasteiger partial charge in [0.25, 0.3) is 0 Å². The number of aromatic nitrogens is 2. The van der Waals surface area contributed by atoms with Crippen LogP contribution in [0.3, 0.4) is 0 Å². The molecule has 1 aliphatic heterocycles. The zero-order valence-electron chi connectivity index (χ0n) is 10.6. The molecule has 0 aliphatic carbocycles. The average Bonchev–Trinajstić information content (AvgIpc) is 2.79. The second-order valence-corrected chi connectivity index (χ2v) is 5.00. The predicted molar refractivity (Wildman–Crippen MR) is 71.2 cm³/mol. The minimum Gasteiger partial charge on any atom is -0.373 e. The van der Waals surface area contributed by atoms with E-state index in [4.69, 9.17) is 4.74 Å². The van der Waals surface area contributed by atoms with Gasteiger partial charge < -0.3 is 10.1 Å². The number of hydrogen-bond donors (Lipinski definition) is 1. The summed E-state index contributed by atoms with van der Waals surface area (Å²) in [6, 6.07) is 0. The summed E-state index contributed by atoms with van der Waals surface area (Å²) < 4.78 is 5.42. The van der Waals surface area contributed by atoms with E-state index in [0.717, 1.165) is 36.1 Å². The van der Waals surface area contributed by atoms with Gasteiger partial charge in [-0.25, -0.2) is 9.97 Å². The minimum absolute atomic E-state index is 0.00306. The summed E-state index contributed by atoms with van der Waals surface area (Å²) in [7, 11) is 1.71. The van der Waals surface area contributed by atoms with Crippen molar-refractivity contribution < 1.29 is 4.74 Å². The standard InChI is InChI=1S/C12H19N3OS/c1-4-10(16-3)12-14-9-7-17-6-8(9)11(15-12)13-5-2/h10H,4-7H2,1-3H3,(H,13,14,15). The number of hydrogen-bond acceptors (Lipinski definition) is 5. The second-order valence-electron chi connectivity index (χ2n) is 4.01. The van der Waals surface area contributed by atoms with E-state index < -0.39 is 0 Å². The van der Waals surface area contributed by atoms with E-state index >= 15 is 0 Å². The molecule has 1 unspecified atom stereocenters. The molecule has 2 heterocycles. The Bertz CT molecular complexity index is 394. The molecule has 0 aromatic carbocycles. The van der Waals surface area contributed by atoms with E-state index in [2.05, 4.69) is 29.1 Å². The van der Waals surface area contributed by atoms with Gasteiger partial charge in [-0.05, 0) is 13.3 Å². The third-order valence-electron chi connectivity index (χ3n) is 2.88. The fourth-order valence-electron chi connectivity index (χ4n) is 1.98. The Morgan fingerprint density at radius 2 is 2.18 bits per heavy atom. The third kappa shape index (κ3) is 2.55. The molecule has 4 nitrogen and oxygen atoms in total. The molecule has 17 heavy (non-hydrogen) atoms. The molecule has 1 N–H and O–H groups in total. The summed E-state index contributed by atoms with van der Waals surface area (Å²) >= 11 is 1.90. The number of anilines is 1. The van der Waals surface area contributed by atoms with Crippen LogP contribution >= 0.6 is 11.8 Å². The van der Waals surface area contributed by atoms with E-state index in [0.29, 0.717) is 0 Å². The van der Waals surface area contributed by atoms with Crippen LogP contribution in [0.1, 0.15) is 43.5 Å². The highest BCUT2D eigenvalue weighted by molar-refractivity contribution is 7.98. The molecule has 0 saturated heterocycles. The molecular formula is C12H19N3OS. The maximum absolute atomic E-state index is 5.42. The summed E-state index contributed by atoms with van der Waals surface area (Å²) in [6.45, 7) is 5.06. The lowest BCUT2D eigenvalue weighted by Crippen LogP contribution is -2.12. The van der Waals surface area contributed by atoms with Crippen LogP contribution in [0.2, 0.25) is 0 Å². The molecule has 1 aliphatic rings. The van der Waals surface area contributed by atoms with Crippen LogP contribution in [-0.4, -0.2) is 23.6 Å². The zero-order valence-corrected chi connectivity index (χ0v) is 11.4. The summed E-state index contributed by atoms with van der Waals surface area (Å²) in [6.07, 6.45) is 0.900. The molecule has 2 rings (SSSR count). The second kappa shape index (κ2) is 5.69. The molecule has 0 saturated carbocycles. The topological polar surface area (TPSA) is 47.0 Å². The van der Waals surface area contributed by atoms with Crippen molar-refractivity contribution >= 4 is 17.6 Å². The van der Waals surface area contributed by atoms with Crippen molar-refractivity contribution in [1.29, 1.82) is 0 Å². The minimum atomic E-state index is 0.00306. The first-order valence-electron chi connectivity index (χ1n) is 6.04. The molecule has 0 spiro atoms. The number of rotatable bonds is 5. The fourth-order valence-corrected chi connectivity index (χ4v) is 3.02. The fraction of sp³-hybridized carbons (Fsp3) is 0.667. The van der Waals surface area contributed by atoms with Crippen LogP contribution in [0.4, 0.5) is 5.82 Å². The predicted octanol–water partition coefficient (Wildman–Crippen LogP) is 2.75. The van der Waals surface area contributed by atoms with Gasteiger partial charge in [0.1, 0.15) is 11.9 Å². The highest BCUT2D eigenvalue weighted by Gasteiger charge is 2.22. The quantitative estimate of drug-likeness (QED) is 0.874. The summed E-state index contributed by atoms with van der Waals surface area (Å²) in [4.78, 5) is 9.26. The van der Waals surface area contributed by atoms with Crippen LogP contribution in [0.5, 0.6) is 0 Å². The molecule has 5 heteroatoms. The largest absolute Gasteiger partial charge is 0.373 e. The first-order chi connectivity index (χ1) is 8.30. The van der Waals surface area contributed by atoms with Gasteiger partial charge >= 0.3 is 0 Å². The summed E-state index contributed by atoms with van der Waals surface area (Å²) in [5, 5.41) is 3.33. The molecule has 0 fully saturated rings. The molecular weight excluding hydrogens is 234 g/mol. The van der Waals surface area contributed by atoms with Gasteiger partial charge in [-0.2, -0.15) is 11.8 Å². The van der Waals surface area contributed by atoms with Crippen molar-refractivity contribution in [1.82, 2.24) is 9.97 Å². The number of fused-ring (bicyclic) bond motifs is 1. The summed E-state index contributed by atoms with van der Waals surface area (Å²) in [5.74, 6) is 3.81. The highest BCUT2D eigenvalue weighted by atomic mass is 32.2. The van der Waals surface area contributed by atoms with E-state index in [1.165, 1.54) is 11.3 Å². The van der Waals surface area contributed by atoms with E-state index in [9.17, 15) is 0 Å². The van der Waals surface area contributed by atoms with E-state index in [1.54, 1.807) is 7.11 Å². The SMILES string of the molecule is CCNc1nc(C(CC)OC)nc2c1CSC2. The number of thioether (sulfide) groups is 1. The van der Waals surface area contributed by atoms with Crippen molar-refractivity contribution in [2.75, 3.05) is 19.0 Å². The third-order valence-corrected chi connectivity index (χ3v) is 3.85. The number of ether oxygens (including phenoxy) is 1. The van der Waals surface area contributed by atoms with Gasteiger partial charge in [-0.1, -0.05) is 6.92 Å². The Kier molecular flexibility index (Phi) is 4.23. The molecule has 1 atom stereocenters. The highest BCUT2D eigenvalue weighted by Crippen LogP contribution is 2.34. The maximum Gasteiger partial charge on any atom is 0.159 e. The van der Waals surface area contributed by atoms with Crippen LogP contribution in [-0.2, 0) is 16.2 Å². The number of nitrogens with zero attached hydrogens (tertiary/aromatic N) is 2. The van der Waals surface area contributed by atoms with Crippen molar-refractivity contribution in [2.24, 2.45) is 0 Å². The Hall–Kier alpha value is -0.810. The Morgan fingerprint density at radius 3 is 2.82 bits per heavy atom.